The van der Waals surface area contributed by atoms with Crippen LogP contribution in [0.4, 0.5) is 0 Å². The van der Waals surface area contributed by atoms with Crippen molar-refractivity contribution in [2.45, 2.75) is 78.6 Å². The van der Waals surface area contributed by atoms with Crippen molar-refractivity contribution in [1.29, 1.82) is 0 Å². The summed E-state index contributed by atoms with van der Waals surface area (Å²) in [4.78, 5) is 0. The predicted octanol–water partition coefficient (Wildman–Crippen LogP) is 5.52. The molecular formula is C18H30O2. The van der Waals surface area contributed by atoms with Crippen molar-refractivity contribution in [2.75, 3.05) is 0 Å². The lowest BCUT2D eigenvalue weighted by atomic mass is 9.99. The number of rotatable bonds is 9. The monoisotopic (exact) mass is 278 g/mol. The first-order chi connectivity index (χ1) is 9.56. The van der Waals surface area contributed by atoms with E-state index in [-0.39, 0.29) is 12.4 Å². The largest absolute Gasteiger partial charge is 0.465 e. The van der Waals surface area contributed by atoms with Crippen molar-refractivity contribution in [1.82, 2.24) is 0 Å². The van der Waals surface area contributed by atoms with Gasteiger partial charge < -0.3 is 9.47 Å². The van der Waals surface area contributed by atoms with E-state index in [2.05, 4.69) is 45.0 Å². The van der Waals surface area contributed by atoms with Crippen molar-refractivity contribution < 1.29 is 9.47 Å². The third kappa shape index (κ3) is 5.96. The standard InChI is InChI=1S/C18H30O2/c1-6-8-9-18(19-14(3)4)20-17-12-10-16(11-13-17)15(5)7-2/h10-15,18H,6-9H2,1-5H3. The summed E-state index contributed by atoms with van der Waals surface area (Å²) in [5.74, 6) is 1.51. The van der Waals surface area contributed by atoms with Crippen LogP contribution in [-0.4, -0.2) is 12.4 Å². The van der Waals surface area contributed by atoms with E-state index in [4.69, 9.17) is 9.47 Å². The Morgan fingerprint density at radius 3 is 2.15 bits per heavy atom. The van der Waals surface area contributed by atoms with E-state index in [9.17, 15) is 0 Å². The summed E-state index contributed by atoms with van der Waals surface area (Å²) in [6.45, 7) is 10.8. The van der Waals surface area contributed by atoms with Gasteiger partial charge in [0.25, 0.3) is 0 Å². The molecule has 1 rings (SSSR count). The molecule has 0 fully saturated rings. The molecular weight excluding hydrogens is 248 g/mol. The van der Waals surface area contributed by atoms with Crippen LogP contribution in [0.15, 0.2) is 24.3 Å². The van der Waals surface area contributed by atoms with Crippen LogP contribution in [0.2, 0.25) is 0 Å². The van der Waals surface area contributed by atoms with Crippen molar-refractivity contribution in [3.05, 3.63) is 29.8 Å². The second-order valence-corrected chi connectivity index (χ2v) is 5.75. The van der Waals surface area contributed by atoms with Crippen molar-refractivity contribution >= 4 is 0 Å². The molecule has 0 aliphatic carbocycles. The Hall–Kier alpha value is -1.02. The first-order valence-electron chi connectivity index (χ1n) is 7.98. The van der Waals surface area contributed by atoms with Gasteiger partial charge in [-0.1, -0.05) is 39.3 Å². The molecule has 20 heavy (non-hydrogen) atoms. The van der Waals surface area contributed by atoms with Gasteiger partial charge in [-0.3, -0.25) is 0 Å². The minimum Gasteiger partial charge on any atom is -0.465 e. The molecule has 0 saturated heterocycles. The van der Waals surface area contributed by atoms with E-state index in [1.165, 1.54) is 5.56 Å². The average Bonchev–Trinajstić information content (AvgIpc) is 2.44. The number of unbranched alkanes of at least 4 members (excludes halogenated alkanes) is 1. The highest BCUT2D eigenvalue weighted by Crippen LogP contribution is 2.23. The molecule has 1 aromatic carbocycles. The fourth-order valence-corrected chi connectivity index (χ4v) is 2.09. The zero-order chi connectivity index (χ0) is 15.0. The van der Waals surface area contributed by atoms with E-state index >= 15 is 0 Å². The molecule has 0 aromatic heterocycles. The van der Waals surface area contributed by atoms with Crippen molar-refractivity contribution in [2.24, 2.45) is 0 Å². The van der Waals surface area contributed by atoms with Crippen LogP contribution in [0.3, 0.4) is 0 Å². The van der Waals surface area contributed by atoms with Gasteiger partial charge in [0, 0.05) is 6.42 Å². The zero-order valence-electron chi connectivity index (χ0n) is 13.7. The SMILES string of the molecule is CCCCC(Oc1ccc(C(C)CC)cc1)OC(C)C. The maximum absolute atomic E-state index is 5.97. The first kappa shape index (κ1) is 17.0. The molecule has 0 N–H and O–H groups in total. The Balaban J connectivity index is 2.62. The van der Waals surface area contributed by atoms with Gasteiger partial charge in [0.05, 0.1) is 6.10 Å². The van der Waals surface area contributed by atoms with Crippen molar-refractivity contribution in [3.63, 3.8) is 0 Å². The Morgan fingerprint density at radius 2 is 1.65 bits per heavy atom. The van der Waals surface area contributed by atoms with Crippen LogP contribution in [0, 0.1) is 0 Å². The maximum atomic E-state index is 5.97. The lowest BCUT2D eigenvalue weighted by molar-refractivity contribution is -0.112. The Morgan fingerprint density at radius 1 is 1.00 bits per heavy atom. The number of ether oxygens (including phenoxy) is 2. The van der Waals surface area contributed by atoms with Crippen LogP contribution in [0.1, 0.15) is 71.8 Å². The highest BCUT2D eigenvalue weighted by Gasteiger charge is 2.12. The molecule has 0 spiro atoms. The second kappa shape index (κ2) is 9.02. The summed E-state index contributed by atoms with van der Waals surface area (Å²) in [5, 5.41) is 0. The number of hydrogen-bond acceptors (Lipinski definition) is 2. The van der Waals surface area contributed by atoms with Gasteiger partial charge in [-0.2, -0.15) is 0 Å². The average molecular weight is 278 g/mol. The van der Waals surface area contributed by atoms with E-state index in [0.717, 1.165) is 31.4 Å². The molecule has 0 aliphatic heterocycles. The Kier molecular flexibility index (Phi) is 7.68. The summed E-state index contributed by atoms with van der Waals surface area (Å²) in [7, 11) is 0. The van der Waals surface area contributed by atoms with E-state index < -0.39 is 0 Å². The molecule has 0 amide bonds. The summed E-state index contributed by atoms with van der Waals surface area (Å²) < 4.78 is 11.8. The zero-order valence-corrected chi connectivity index (χ0v) is 13.7. The molecule has 1 aromatic rings. The molecule has 114 valence electrons. The molecule has 2 atom stereocenters. The highest BCUT2D eigenvalue weighted by molar-refractivity contribution is 5.29. The van der Waals surface area contributed by atoms with Crippen LogP contribution in [-0.2, 0) is 4.74 Å². The minimum absolute atomic E-state index is 0.135. The molecule has 0 heterocycles. The summed E-state index contributed by atoms with van der Waals surface area (Å²) in [6.07, 6.45) is 4.45. The fourth-order valence-electron chi connectivity index (χ4n) is 2.09. The van der Waals surface area contributed by atoms with Gasteiger partial charge in [-0.25, -0.2) is 0 Å². The maximum Gasteiger partial charge on any atom is 0.200 e. The minimum atomic E-state index is -0.135. The van der Waals surface area contributed by atoms with Gasteiger partial charge in [-0.05, 0) is 50.3 Å². The van der Waals surface area contributed by atoms with Gasteiger partial charge in [0.1, 0.15) is 5.75 Å². The van der Waals surface area contributed by atoms with E-state index in [1.54, 1.807) is 0 Å². The summed E-state index contributed by atoms with van der Waals surface area (Å²) in [6, 6.07) is 8.44. The van der Waals surface area contributed by atoms with Gasteiger partial charge in [0.15, 0.2) is 6.29 Å². The molecule has 2 nitrogen and oxygen atoms in total. The van der Waals surface area contributed by atoms with Gasteiger partial charge >= 0.3 is 0 Å². The lowest BCUT2D eigenvalue weighted by Gasteiger charge is -2.22. The molecule has 0 radical (unpaired) electrons. The third-order valence-electron chi connectivity index (χ3n) is 3.55. The summed E-state index contributed by atoms with van der Waals surface area (Å²) >= 11 is 0. The van der Waals surface area contributed by atoms with E-state index in [1.807, 2.05) is 13.8 Å². The highest BCUT2D eigenvalue weighted by atomic mass is 16.7. The normalized spacial score (nSPS) is 14.3. The Labute approximate surface area is 124 Å². The first-order valence-corrected chi connectivity index (χ1v) is 7.98. The molecule has 0 aliphatic rings. The van der Waals surface area contributed by atoms with E-state index in [0.29, 0.717) is 5.92 Å². The van der Waals surface area contributed by atoms with Crippen LogP contribution >= 0.6 is 0 Å². The lowest BCUT2D eigenvalue weighted by Crippen LogP contribution is -2.24. The van der Waals surface area contributed by atoms with Crippen LogP contribution in [0.25, 0.3) is 0 Å². The van der Waals surface area contributed by atoms with Gasteiger partial charge in [0.2, 0.25) is 0 Å². The smallest absolute Gasteiger partial charge is 0.200 e. The van der Waals surface area contributed by atoms with Gasteiger partial charge in [-0.15, -0.1) is 0 Å². The number of hydrogen-bond donors (Lipinski definition) is 0. The summed E-state index contributed by atoms with van der Waals surface area (Å²) in [5.41, 5.74) is 1.37. The molecule has 2 heteroatoms. The predicted molar refractivity (Wildman–Crippen MR) is 85.3 cm³/mol. The fraction of sp³-hybridized carbons (Fsp3) is 0.667. The molecule has 0 bridgehead atoms. The third-order valence-corrected chi connectivity index (χ3v) is 3.55. The topological polar surface area (TPSA) is 18.5 Å². The molecule has 2 unspecified atom stereocenters. The van der Waals surface area contributed by atoms with Crippen LogP contribution in [0.5, 0.6) is 5.75 Å². The van der Waals surface area contributed by atoms with Crippen molar-refractivity contribution in [3.8, 4) is 5.75 Å². The second-order valence-electron chi connectivity index (χ2n) is 5.75. The molecule has 0 saturated carbocycles. The Bertz CT molecular complexity index is 356. The number of benzene rings is 1. The quantitative estimate of drug-likeness (QED) is 0.554. The van der Waals surface area contributed by atoms with Crippen LogP contribution < -0.4 is 4.74 Å².